The van der Waals surface area contributed by atoms with E-state index in [0.717, 1.165) is 12.8 Å². The molecule has 0 bridgehead atoms. The maximum Gasteiger partial charge on any atom is 0.324 e. The van der Waals surface area contributed by atoms with Crippen molar-refractivity contribution in [1.82, 2.24) is 10.6 Å². The van der Waals surface area contributed by atoms with Gasteiger partial charge in [0.15, 0.2) is 0 Å². The highest BCUT2D eigenvalue weighted by Crippen LogP contribution is 2.03. The monoisotopic (exact) mass is 262 g/mol. The summed E-state index contributed by atoms with van der Waals surface area (Å²) < 4.78 is 5.19. The summed E-state index contributed by atoms with van der Waals surface area (Å²) in [7, 11) is 0. The number of ether oxygens (including phenoxy) is 1. The van der Waals surface area contributed by atoms with Crippen LogP contribution >= 0.6 is 0 Å². The molecule has 1 atom stereocenters. The third kappa shape index (κ3) is 4.37. The number of hydrogen-bond acceptors (Lipinski definition) is 4. The Bertz CT molecular complexity index is 424. The fourth-order valence-corrected chi connectivity index (χ4v) is 1.93. The van der Waals surface area contributed by atoms with Crippen LogP contribution in [0.1, 0.15) is 12.0 Å². The summed E-state index contributed by atoms with van der Waals surface area (Å²) in [4.78, 5) is 22.6. The lowest BCUT2D eigenvalue weighted by Crippen LogP contribution is -2.55. The Balaban J connectivity index is 1.63. The van der Waals surface area contributed by atoms with Crippen LogP contribution in [0.4, 0.5) is 0 Å². The summed E-state index contributed by atoms with van der Waals surface area (Å²) in [5.41, 5.74) is 1.24. The second-order valence-corrected chi connectivity index (χ2v) is 4.49. The van der Waals surface area contributed by atoms with Crippen LogP contribution in [0, 0.1) is 0 Å². The predicted molar refractivity (Wildman–Crippen MR) is 70.5 cm³/mol. The van der Waals surface area contributed by atoms with Gasteiger partial charge < -0.3 is 10.1 Å². The van der Waals surface area contributed by atoms with Crippen LogP contribution < -0.4 is 10.6 Å². The molecule has 0 radical (unpaired) electrons. The molecule has 102 valence electrons. The van der Waals surface area contributed by atoms with E-state index in [1.54, 1.807) is 0 Å². The van der Waals surface area contributed by atoms with E-state index < -0.39 is 6.04 Å². The fourth-order valence-electron chi connectivity index (χ4n) is 1.93. The lowest BCUT2D eigenvalue weighted by molar-refractivity contribution is -0.147. The van der Waals surface area contributed by atoms with Crippen molar-refractivity contribution in [3.63, 3.8) is 0 Å². The molecule has 1 unspecified atom stereocenters. The van der Waals surface area contributed by atoms with Gasteiger partial charge in [-0.05, 0) is 18.4 Å². The number of carbonyl (C=O) groups is 2. The number of amides is 1. The highest BCUT2D eigenvalue weighted by molar-refractivity contribution is 5.83. The first-order chi connectivity index (χ1) is 9.25. The maximum atomic E-state index is 11.7. The van der Waals surface area contributed by atoms with Crippen LogP contribution in [0.2, 0.25) is 0 Å². The zero-order chi connectivity index (χ0) is 13.5. The second kappa shape index (κ2) is 6.89. The number of hydrogen-bond donors (Lipinski definition) is 2. The number of aryl methyl sites for hydroxylation is 1. The Morgan fingerprint density at radius 1 is 1.32 bits per heavy atom. The lowest BCUT2D eigenvalue weighted by Gasteiger charge is -2.22. The molecular weight excluding hydrogens is 244 g/mol. The molecular formula is C14H18N2O3. The number of carbonyl (C=O) groups excluding carboxylic acids is 2. The quantitative estimate of drug-likeness (QED) is 0.589. The summed E-state index contributed by atoms with van der Waals surface area (Å²) in [6.45, 7) is 0.875. The van der Waals surface area contributed by atoms with Crippen molar-refractivity contribution in [2.75, 3.05) is 19.7 Å². The Morgan fingerprint density at radius 2 is 2.11 bits per heavy atom. The van der Waals surface area contributed by atoms with Crippen LogP contribution in [0.5, 0.6) is 0 Å². The van der Waals surface area contributed by atoms with Crippen molar-refractivity contribution < 1.29 is 14.3 Å². The summed E-state index contributed by atoms with van der Waals surface area (Å²) in [5.74, 6) is -0.388. The zero-order valence-electron chi connectivity index (χ0n) is 10.7. The second-order valence-electron chi connectivity index (χ2n) is 4.49. The Labute approximate surface area is 112 Å². The first-order valence-electron chi connectivity index (χ1n) is 6.46. The molecule has 1 fully saturated rings. The molecule has 5 heteroatoms. The van der Waals surface area contributed by atoms with E-state index in [9.17, 15) is 9.59 Å². The Kier molecular flexibility index (Phi) is 4.92. The molecule has 2 N–H and O–H groups in total. The van der Waals surface area contributed by atoms with Crippen molar-refractivity contribution >= 4 is 11.9 Å². The molecule has 1 saturated heterocycles. The molecule has 0 aromatic heterocycles. The SMILES string of the molecule is O=C1CNC(C(=O)OCCCc2ccccc2)CN1. The number of piperazine rings is 1. The van der Waals surface area contributed by atoms with Crippen LogP contribution in [-0.2, 0) is 20.7 Å². The van der Waals surface area contributed by atoms with Crippen molar-refractivity contribution in [3.8, 4) is 0 Å². The molecule has 1 aromatic rings. The van der Waals surface area contributed by atoms with Gasteiger partial charge in [0, 0.05) is 6.54 Å². The summed E-state index contributed by atoms with van der Waals surface area (Å²) in [6, 6.07) is 9.66. The van der Waals surface area contributed by atoms with Gasteiger partial charge in [-0.3, -0.25) is 14.9 Å². The minimum Gasteiger partial charge on any atom is -0.464 e. The van der Waals surface area contributed by atoms with Crippen LogP contribution in [-0.4, -0.2) is 37.6 Å². The number of rotatable bonds is 5. The van der Waals surface area contributed by atoms with Crippen molar-refractivity contribution in [3.05, 3.63) is 35.9 Å². The number of nitrogens with one attached hydrogen (secondary N) is 2. The van der Waals surface area contributed by atoms with Gasteiger partial charge in [-0.25, -0.2) is 0 Å². The maximum absolute atomic E-state index is 11.7. The van der Waals surface area contributed by atoms with E-state index in [2.05, 4.69) is 22.8 Å². The van der Waals surface area contributed by atoms with Gasteiger partial charge in [-0.1, -0.05) is 30.3 Å². The molecule has 5 nitrogen and oxygen atoms in total. The summed E-state index contributed by atoms with van der Waals surface area (Å²) >= 11 is 0. The topological polar surface area (TPSA) is 67.4 Å². The smallest absolute Gasteiger partial charge is 0.324 e. The van der Waals surface area contributed by atoms with E-state index in [-0.39, 0.29) is 18.4 Å². The van der Waals surface area contributed by atoms with E-state index in [1.165, 1.54) is 5.56 Å². The van der Waals surface area contributed by atoms with E-state index in [4.69, 9.17) is 4.74 Å². The molecule has 1 aromatic carbocycles. The average molecular weight is 262 g/mol. The van der Waals surface area contributed by atoms with Gasteiger partial charge in [0.1, 0.15) is 6.04 Å². The normalized spacial score (nSPS) is 18.7. The van der Waals surface area contributed by atoms with Crippen LogP contribution in [0.25, 0.3) is 0 Å². The molecule has 1 aliphatic heterocycles. The molecule has 1 aliphatic rings. The van der Waals surface area contributed by atoms with Gasteiger partial charge >= 0.3 is 5.97 Å². The third-order valence-electron chi connectivity index (χ3n) is 2.99. The summed E-state index contributed by atoms with van der Waals surface area (Å²) in [6.07, 6.45) is 1.69. The van der Waals surface area contributed by atoms with E-state index >= 15 is 0 Å². The standard InChI is InChI=1S/C14H18N2O3/c17-13-10-15-12(9-16-13)14(18)19-8-4-7-11-5-2-1-3-6-11/h1-3,5-6,12,15H,4,7-10H2,(H,16,17). The van der Waals surface area contributed by atoms with Crippen molar-refractivity contribution in [2.24, 2.45) is 0 Å². The largest absolute Gasteiger partial charge is 0.464 e. The molecule has 0 spiro atoms. The van der Waals surface area contributed by atoms with Crippen LogP contribution in [0.15, 0.2) is 30.3 Å². The molecule has 0 saturated carbocycles. The lowest BCUT2D eigenvalue weighted by atomic mass is 10.1. The zero-order valence-corrected chi connectivity index (χ0v) is 10.7. The number of benzene rings is 1. The first-order valence-corrected chi connectivity index (χ1v) is 6.46. The minimum absolute atomic E-state index is 0.0897. The molecule has 1 heterocycles. The molecule has 0 aliphatic carbocycles. The summed E-state index contributed by atoms with van der Waals surface area (Å²) in [5, 5.41) is 5.47. The van der Waals surface area contributed by atoms with Gasteiger partial charge in [0.05, 0.1) is 13.2 Å². The Hall–Kier alpha value is -1.88. The number of esters is 1. The third-order valence-corrected chi connectivity index (χ3v) is 2.99. The Morgan fingerprint density at radius 3 is 2.79 bits per heavy atom. The van der Waals surface area contributed by atoms with Crippen molar-refractivity contribution in [2.45, 2.75) is 18.9 Å². The highest BCUT2D eigenvalue weighted by atomic mass is 16.5. The molecule has 19 heavy (non-hydrogen) atoms. The van der Waals surface area contributed by atoms with E-state index in [0.29, 0.717) is 13.2 Å². The van der Waals surface area contributed by atoms with Crippen LogP contribution in [0.3, 0.4) is 0 Å². The minimum atomic E-state index is -0.422. The first kappa shape index (κ1) is 13.5. The van der Waals surface area contributed by atoms with Crippen molar-refractivity contribution in [1.29, 1.82) is 0 Å². The average Bonchev–Trinajstić information content (AvgIpc) is 2.45. The fraction of sp³-hybridized carbons (Fsp3) is 0.429. The van der Waals surface area contributed by atoms with Gasteiger partial charge in [-0.2, -0.15) is 0 Å². The molecule has 2 rings (SSSR count). The van der Waals surface area contributed by atoms with Gasteiger partial charge in [-0.15, -0.1) is 0 Å². The molecule has 1 amide bonds. The van der Waals surface area contributed by atoms with E-state index in [1.807, 2.05) is 18.2 Å². The highest BCUT2D eigenvalue weighted by Gasteiger charge is 2.24. The predicted octanol–water partition coefficient (Wildman–Crippen LogP) is 0.250. The van der Waals surface area contributed by atoms with Gasteiger partial charge in [0.2, 0.25) is 5.91 Å². The van der Waals surface area contributed by atoms with Gasteiger partial charge in [0.25, 0.3) is 0 Å².